The quantitative estimate of drug-likeness (QED) is 0.595. The first-order valence-electron chi connectivity index (χ1n) is 12.3. The Morgan fingerprint density at radius 3 is 2.61 bits per heavy atom. The van der Waals surface area contributed by atoms with Crippen molar-refractivity contribution in [2.75, 3.05) is 26.2 Å². The minimum atomic E-state index is 0.00518. The molecule has 3 aromatic rings. The van der Waals surface area contributed by atoms with Gasteiger partial charge in [0.1, 0.15) is 10.7 Å². The number of unbranched alkanes of at least 4 members (excludes halogenated alkanes) is 1. The number of hydrogen-bond acceptors (Lipinski definition) is 5. The lowest BCUT2D eigenvalue weighted by atomic mass is 9.97. The van der Waals surface area contributed by atoms with Gasteiger partial charge >= 0.3 is 0 Å². The molecule has 2 aromatic heterocycles. The van der Waals surface area contributed by atoms with Crippen LogP contribution in [0.3, 0.4) is 0 Å². The summed E-state index contributed by atoms with van der Waals surface area (Å²) < 4.78 is 0. The predicted octanol–water partition coefficient (Wildman–Crippen LogP) is 4.16. The average molecular weight is 465 g/mol. The van der Waals surface area contributed by atoms with Gasteiger partial charge in [0.2, 0.25) is 0 Å². The summed E-state index contributed by atoms with van der Waals surface area (Å²) in [6, 6.07) is 8.09. The van der Waals surface area contributed by atoms with Crippen molar-refractivity contribution >= 4 is 27.5 Å². The Labute approximate surface area is 198 Å². The zero-order chi connectivity index (χ0) is 22.8. The fourth-order valence-electron chi connectivity index (χ4n) is 4.98. The van der Waals surface area contributed by atoms with E-state index >= 15 is 0 Å². The van der Waals surface area contributed by atoms with E-state index in [2.05, 4.69) is 28.9 Å². The lowest BCUT2D eigenvalue weighted by molar-refractivity contribution is 0.0625. The SMILES string of the molecule is CCCCc1ccc(C(=O)N2CCN(Cc3nc4sc5c(c4c(=O)[nH]3)CCCC5)CC2)cc1. The molecule has 1 amide bonds. The third-order valence-electron chi connectivity index (χ3n) is 6.93. The summed E-state index contributed by atoms with van der Waals surface area (Å²) in [5.74, 6) is 0.836. The molecule has 6 nitrogen and oxygen atoms in total. The number of rotatable bonds is 6. The molecule has 5 rings (SSSR count). The van der Waals surface area contributed by atoms with E-state index in [1.165, 1.54) is 35.3 Å². The number of benzene rings is 1. The van der Waals surface area contributed by atoms with Gasteiger partial charge in [-0.3, -0.25) is 14.5 Å². The van der Waals surface area contributed by atoms with E-state index in [0.717, 1.165) is 60.4 Å². The molecular formula is C26H32N4O2S. The highest BCUT2D eigenvalue weighted by atomic mass is 32.1. The Morgan fingerprint density at radius 2 is 1.85 bits per heavy atom. The molecular weight excluding hydrogens is 432 g/mol. The van der Waals surface area contributed by atoms with Crippen molar-refractivity contribution in [3.05, 3.63) is 62.0 Å². The topological polar surface area (TPSA) is 69.3 Å². The number of nitrogens with one attached hydrogen (secondary N) is 1. The van der Waals surface area contributed by atoms with Crippen molar-refractivity contribution in [3.63, 3.8) is 0 Å². The van der Waals surface area contributed by atoms with E-state index in [4.69, 9.17) is 4.98 Å². The van der Waals surface area contributed by atoms with Gasteiger partial charge in [-0.2, -0.15) is 0 Å². The number of piperazine rings is 1. The molecule has 0 saturated carbocycles. The van der Waals surface area contributed by atoms with Crippen LogP contribution in [0.25, 0.3) is 10.2 Å². The molecule has 1 aromatic carbocycles. The number of thiophene rings is 1. The maximum absolute atomic E-state index is 12.9. The number of nitrogens with zero attached hydrogens (tertiary/aromatic N) is 3. The Kier molecular flexibility index (Phi) is 6.60. The summed E-state index contributed by atoms with van der Waals surface area (Å²) in [6.07, 6.45) is 7.86. The van der Waals surface area contributed by atoms with Gasteiger partial charge in [0.15, 0.2) is 0 Å². The van der Waals surface area contributed by atoms with Gasteiger partial charge in [-0.25, -0.2) is 4.98 Å². The molecule has 1 aliphatic carbocycles. The highest BCUT2D eigenvalue weighted by Gasteiger charge is 2.24. The van der Waals surface area contributed by atoms with E-state index in [1.807, 2.05) is 17.0 Å². The summed E-state index contributed by atoms with van der Waals surface area (Å²) in [7, 11) is 0. The minimum Gasteiger partial charge on any atom is -0.336 e. The zero-order valence-corrected chi connectivity index (χ0v) is 20.2. The maximum atomic E-state index is 12.9. The van der Waals surface area contributed by atoms with Gasteiger partial charge < -0.3 is 9.88 Å². The highest BCUT2D eigenvalue weighted by Crippen LogP contribution is 2.33. The average Bonchev–Trinajstić information content (AvgIpc) is 3.22. The first-order valence-corrected chi connectivity index (χ1v) is 13.1. The normalized spacial score (nSPS) is 16.8. The molecule has 174 valence electrons. The van der Waals surface area contributed by atoms with Crippen molar-refractivity contribution in [1.29, 1.82) is 0 Å². The number of aromatic nitrogens is 2. The minimum absolute atomic E-state index is 0.00518. The Hall–Kier alpha value is -2.51. The van der Waals surface area contributed by atoms with E-state index in [9.17, 15) is 9.59 Å². The number of aromatic amines is 1. The molecule has 3 heterocycles. The van der Waals surface area contributed by atoms with Crippen LogP contribution in [0.2, 0.25) is 0 Å². The van der Waals surface area contributed by atoms with E-state index < -0.39 is 0 Å². The number of aryl methyl sites for hydroxylation is 3. The largest absolute Gasteiger partial charge is 0.336 e. The van der Waals surface area contributed by atoms with Gasteiger partial charge in [0.25, 0.3) is 11.5 Å². The van der Waals surface area contributed by atoms with Gasteiger partial charge in [-0.05, 0) is 61.8 Å². The van der Waals surface area contributed by atoms with Crippen LogP contribution in [0.5, 0.6) is 0 Å². The molecule has 1 N–H and O–H groups in total. The van der Waals surface area contributed by atoms with Gasteiger partial charge in [0, 0.05) is 36.6 Å². The van der Waals surface area contributed by atoms with E-state index in [-0.39, 0.29) is 11.5 Å². The second kappa shape index (κ2) is 9.77. The molecule has 0 bridgehead atoms. The van der Waals surface area contributed by atoms with Crippen molar-refractivity contribution in [2.24, 2.45) is 0 Å². The molecule has 0 atom stereocenters. The lowest BCUT2D eigenvalue weighted by Crippen LogP contribution is -2.48. The summed E-state index contributed by atoms with van der Waals surface area (Å²) in [5, 5.41) is 0.814. The smallest absolute Gasteiger partial charge is 0.259 e. The summed E-state index contributed by atoms with van der Waals surface area (Å²) in [4.78, 5) is 40.0. The lowest BCUT2D eigenvalue weighted by Gasteiger charge is -2.34. The summed E-state index contributed by atoms with van der Waals surface area (Å²) in [5.41, 5.74) is 3.29. The third kappa shape index (κ3) is 4.75. The molecule has 7 heteroatoms. The second-order valence-corrected chi connectivity index (χ2v) is 10.4. The van der Waals surface area contributed by atoms with Crippen LogP contribution in [-0.2, 0) is 25.8 Å². The maximum Gasteiger partial charge on any atom is 0.259 e. The predicted molar refractivity (Wildman–Crippen MR) is 133 cm³/mol. The molecule has 1 fully saturated rings. The van der Waals surface area contributed by atoms with Crippen LogP contribution >= 0.6 is 11.3 Å². The summed E-state index contributed by atoms with van der Waals surface area (Å²) >= 11 is 1.69. The number of fused-ring (bicyclic) bond motifs is 3. The Morgan fingerprint density at radius 1 is 1.09 bits per heavy atom. The zero-order valence-electron chi connectivity index (χ0n) is 19.4. The third-order valence-corrected chi connectivity index (χ3v) is 8.11. The van der Waals surface area contributed by atoms with E-state index in [0.29, 0.717) is 19.6 Å². The van der Waals surface area contributed by atoms with Gasteiger partial charge in [-0.15, -0.1) is 11.3 Å². The van der Waals surface area contributed by atoms with Gasteiger partial charge in [0.05, 0.1) is 11.9 Å². The van der Waals surface area contributed by atoms with Crippen LogP contribution in [0.4, 0.5) is 0 Å². The summed E-state index contributed by atoms with van der Waals surface area (Å²) in [6.45, 7) is 5.75. The number of carbonyl (C=O) groups is 1. The number of amides is 1. The van der Waals surface area contributed by atoms with Crippen LogP contribution < -0.4 is 5.56 Å². The number of H-pyrrole nitrogens is 1. The molecule has 33 heavy (non-hydrogen) atoms. The van der Waals surface area contributed by atoms with Crippen molar-refractivity contribution < 1.29 is 4.79 Å². The second-order valence-electron chi connectivity index (χ2n) is 9.27. The van der Waals surface area contributed by atoms with Crippen molar-refractivity contribution in [2.45, 2.75) is 58.4 Å². The Balaban J connectivity index is 1.20. The van der Waals surface area contributed by atoms with Crippen LogP contribution in [-0.4, -0.2) is 51.9 Å². The molecule has 1 saturated heterocycles. The molecule has 0 spiro atoms. The van der Waals surface area contributed by atoms with Crippen molar-refractivity contribution in [3.8, 4) is 0 Å². The first kappa shape index (κ1) is 22.3. The molecule has 2 aliphatic rings. The molecule has 1 aliphatic heterocycles. The molecule has 0 unspecified atom stereocenters. The van der Waals surface area contributed by atoms with Crippen LogP contribution in [0, 0.1) is 0 Å². The fraction of sp³-hybridized carbons (Fsp3) is 0.500. The van der Waals surface area contributed by atoms with E-state index in [1.54, 1.807) is 11.3 Å². The first-order chi connectivity index (χ1) is 16.1. The fourth-order valence-corrected chi connectivity index (χ4v) is 6.26. The van der Waals surface area contributed by atoms with Gasteiger partial charge in [-0.1, -0.05) is 25.5 Å². The number of hydrogen-bond donors (Lipinski definition) is 1. The standard InChI is InChI=1S/C26H32N4O2S/c1-2-3-6-18-9-11-19(12-10-18)26(32)30-15-13-29(14-16-30)17-22-27-24(31)23-20-7-4-5-8-21(20)33-25(23)28-22/h9-12H,2-8,13-17H2,1H3,(H,27,28,31). The highest BCUT2D eigenvalue weighted by molar-refractivity contribution is 7.18. The molecule has 0 radical (unpaired) electrons. The number of carbonyl (C=O) groups excluding carboxylic acids is 1. The van der Waals surface area contributed by atoms with Crippen LogP contribution in [0.1, 0.15) is 64.8 Å². The monoisotopic (exact) mass is 464 g/mol. The van der Waals surface area contributed by atoms with Crippen LogP contribution in [0.15, 0.2) is 29.1 Å². The van der Waals surface area contributed by atoms with Crippen molar-refractivity contribution in [1.82, 2.24) is 19.8 Å². The Bertz CT molecular complexity index is 1190.